The molecular formula is C21H25N5O. The number of aromatic nitrogens is 3. The summed E-state index contributed by atoms with van der Waals surface area (Å²) in [6, 6.07) is 10.4. The van der Waals surface area contributed by atoms with Gasteiger partial charge in [0.25, 0.3) is 5.91 Å². The molecule has 0 unspecified atom stereocenters. The Morgan fingerprint density at radius 1 is 1.19 bits per heavy atom. The van der Waals surface area contributed by atoms with Crippen LogP contribution in [0.3, 0.4) is 0 Å². The van der Waals surface area contributed by atoms with E-state index in [1.807, 2.05) is 31.3 Å². The van der Waals surface area contributed by atoms with Gasteiger partial charge in [0.2, 0.25) is 0 Å². The van der Waals surface area contributed by atoms with Crippen molar-refractivity contribution < 1.29 is 4.79 Å². The zero-order chi connectivity index (χ0) is 18.8. The molecule has 0 atom stereocenters. The van der Waals surface area contributed by atoms with Gasteiger partial charge in [-0.25, -0.2) is 4.98 Å². The summed E-state index contributed by atoms with van der Waals surface area (Å²) in [7, 11) is 3.75. The summed E-state index contributed by atoms with van der Waals surface area (Å²) in [4.78, 5) is 25.4. The Kier molecular flexibility index (Phi) is 4.79. The lowest BCUT2D eigenvalue weighted by Crippen LogP contribution is -2.39. The molecule has 6 nitrogen and oxygen atoms in total. The molecule has 1 fully saturated rings. The number of para-hydroxylation sites is 1. The lowest BCUT2D eigenvalue weighted by molar-refractivity contribution is 0.0759. The predicted octanol–water partition coefficient (Wildman–Crippen LogP) is 2.96. The normalized spacial score (nSPS) is 15.3. The largest absolute Gasteiger partial charge is 0.371 e. The van der Waals surface area contributed by atoms with Gasteiger partial charge < -0.3 is 14.4 Å². The highest BCUT2D eigenvalue weighted by Gasteiger charge is 2.24. The molecule has 1 aliphatic heterocycles. The van der Waals surface area contributed by atoms with Crippen molar-refractivity contribution in [1.82, 2.24) is 19.4 Å². The first-order valence-corrected chi connectivity index (χ1v) is 9.44. The van der Waals surface area contributed by atoms with Crippen molar-refractivity contribution in [3.8, 4) is 0 Å². The van der Waals surface area contributed by atoms with E-state index < -0.39 is 0 Å². The molecule has 1 aromatic carbocycles. The van der Waals surface area contributed by atoms with E-state index in [2.05, 4.69) is 39.1 Å². The van der Waals surface area contributed by atoms with Crippen molar-refractivity contribution in [1.29, 1.82) is 0 Å². The van der Waals surface area contributed by atoms with Gasteiger partial charge >= 0.3 is 0 Å². The molecule has 2 aromatic heterocycles. The third kappa shape index (κ3) is 3.65. The number of nitrogens with zero attached hydrogens (tertiary/aromatic N) is 5. The van der Waals surface area contributed by atoms with E-state index in [0.29, 0.717) is 11.6 Å². The molecular weight excluding hydrogens is 338 g/mol. The first-order chi connectivity index (χ1) is 13.1. The van der Waals surface area contributed by atoms with E-state index in [1.165, 1.54) is 11.1 Å². The van der Waals surface area contributed by atoms with Gasteiger partial charge in [-0.15, -0.1) is 0 Å². The third-order valence-corrected chi connectivity index (χ3v) is 5.38. The van der Waals surface area contributed by atoms with Crippen molar-refractivity contribution in [3.05, 3.63) is 54.7 Å². The van der Waals surface area contributed by atoms with E-state index in [9.17, 15) is 4.79 Å². The number of aryl methyl sites for hydroxylation is 1. The molecule has 0 saturated carbocycles. The minimum Gasteiger partial charge on any atom is -0.371 e. The van der Waals surface area contributed by atoms with Crippen LogP contribution >= 0.6 is 0 Å². The summed E-state index contributed by atoms with van der Waals surface area (Å²) in [6.07, 6.45) is 7.49. The van der Waals surface area contributed by atoms with Crippen LogP contribution in [0.5, 0.6) is 0 Å². The second-order valence-electron chi connectivity index (χ2n) is 7.39. The Labute approximate surface area is 159 Å². The molecule has 4 rings (SSSR count). The monoisotopic (exact) mass is 363 g/mol. The first-order valence-electron chi connectivity index (χ1n) is 9.44. The van der Waals surface area contributed by atoms with Crippen molar-refractivity contribution in [2.75, 3.05) is 31.6 Å². The molecule has 0 bridgehead atoms. The average molecular weight is 363 g/mol. The molecule has 0 radical (unpaired) electrons. The molecule has 1 saturated heterocycles. The van der Waals surface area contributed by atoms with Gasteiger partial charge in [-0.1, -0.05) is 18.2 Å². The molecule has 140 valence electrons. The van der Waals surface area contributed by atoms with Gasteiger partial charge in [-0.05, 0) is 30.9 Å². The molecule has 0 spiro atoms. The van der Waals surface area contributed by atoms with Gasteiger partial charge in [0, 0.05) is 57.2 Å². The van der Waals surface area contributed by atoms with Gasteiger partial charge in [0.05, 0.1) is 11.8 Å². The van der Waals surface area contributed by atoms with Crippen molar-refractivity contribution in [3.63, 3.8) is 0 Å². The van der Waals surface area contributed by atoms with Crippen molar-refractivity contribution in [2.45, 2.75) is 12.8 Å². The van der Waals surface area contributed by atoms with Crippen LogP contribution in [-0.2, 0) is 7.05 Å². The SMILES string of the molecule is CN(CC1CCN(c2ccnc3ccccc23)CC1)C(=O)c1cn(C)cn1. The second-order valence-corrected chi connectivity index (χ2v) is 7.39. The highest BCUT2D eigenvalue weighted by Crippen LogP contribution is 2.29. The Morgan fingerprint density at radius 2 is 1.96 bits per heavy atom. The van der Waals surface area contributed by atoms with Crippen LogP contribution in [0.15, 0.2) is 49.1 Å². The number of fused-ring (bicyclic) bond motifs is 1. The molecule has 27 heavy (non-hydrogen) atoms. The number of imidazole rings is 1. The third-order valence-electron chi connectivity index (χ3n) is 5.38. The summed E-state index contributed by atoms with van der Waals surface area (Å²) in [5, 5.41) is 1.21. The van der Waals surface area contributed by atoms with Crippen LogP contribution in [0.2, 0.25) is 0 Å². The number of hydrogen-bond donors (Lipinski definition) is 0. The molecule has 0 N–H and O–H groups in total. The Bertz CT molecular complexity index is 937. The maximum absolute atomic E-state index is 12.5. The zero-order valence-electron chi connectivity index (χ0n) is 15.9. The van der Waals surface area contributed by atoms with Crippen LogP contribution in [0.1, 0.15) is 23.3 Å². The fraction of sp³-hybridized carbons (Fsp3) is 0.381. The number of carbonyl (C=O) groups is 1. The average Bonchev–Trinajstić information content (AvgIpc) is 3.14. The van der Waals surface area contributed by atoms with Crippen LogP contribution in [0.4, 0.5) is 5.69 Å². The fourth-order valence-electron chi connectivity index (χ4n) is 3.90. The molecule has 3 heterocycles. The summed E-state index contributed by atoms with van der Waals surface area (Å²) in [6.45, 7) is 2.79. The molecule has 0 aliphatic carbocycles. The Morgan fingerprint density at radius 3 is 2.70 bits per heavy atom. The zero-order valence-corrected chi connectivity index (χ0v) is 15.9. The minimum atomic E-state index is -0.00171. The topological polar surface area (TPSA) is 54.3 Å². The highest BCUT2D eigenvalue weighted by atomic mass is 16.2. The highest BCUT2D eigenvalue weighted by molar-refractivity contribution is 5.92. The number of hydrogen-bond acceptors (Lipinski definition) is 4. The number of piperidine rings is 1. The number of anilines is 1. The number of rotatable bonds is 4. The quantitative estimate of drug-likeness (QED) is 0.715. The van der Waals surface area contributed by atoms with E-state index in [4.69, 9.17) is 0 Å². The summed E-state index contributed by atoms with van der Waals surface area (Å²) < 4.78 is 1.80. The molecule has 6 heteroatoms. The van der Waals surface area contributed by atoms with E-state index in [0.717, 1.165) is 38.0 Å². The van der Waals surface area contributed by atoms with Crippen LogP contribution in [0, 0.1) is 5.92 Å². The van der Waals surface area contributed by atoms with E-state index in [-0.39, 0.29) is 5.91 Å². The molecule has 3 aromatic rings. The van der Waals surface area contributed by atoms with Crippen LogP contribution in [0.25, 0.3) is 10.9 Å². The molecule has 1 aliphatic rings. The standard InChI is InChI=1S/C21H25N5O/c1-24-14-19(23-15-24)21(27)25(2)13-16-8-11-26(12-9-16)20-7-10-22-18-6-4-3-5-17(18)20/h3-7,10,14-16H,8-9,11-13H2,1-2H3. The predicted molar refractivity (Wildman–Crippen MR) is 107 cm³/mol. The maximum atomic E-state index is 12.5. The van der Waals surface area contributed by atoms with Gasteiger partial charge in [-0.3, -0.25) is 9.78 Å². The summed E-state index contributed by atoms with van der Waals surface area (Å²) in [5.41, 5.74) is 2.82. The number of carbonyl (C=O) groups excluding carboxylic acids is 1. The smallest absolute Gasteiger partial charge is 0.273 e. The van der Waals surface area contributed by atoms with Crippen LogP contribution in [-0.4, -0.2) is 52.0 Å². The van der Waals surface area contributed by atoms with E-state index >= 15 is 0 Å². The van der Waals surface area contributed by atoms with Gasteiger partial charge in [0.1, 0.15) is 5.69 Å². The summed E-state index contributed by atoms with van der Waals surface area (Å²) in [5.74, 6) is 0.519. The number of amides is 1. The fourth-order valence-corrected chi connectivity index (χ4v) is 3.90. The molecule has 1 amide bonds. The van der Waals surface area contributed by atoms with Crippen LogP contribution < -0.4 is 4.90 Å². The Balaban J connectivity index is 1.38. The summed E-state index contributed by atoms with van der Waals surface area (Å²) >= 11 is 0. The van der Waals surface area contributed by atoms with E-state index in [1.54, 1.807) is 17.1 Å². The van der Waals surface area contributed by atoms with Gasteiger partial charge in [0.15, 0.2) is 0 Å². The van der Waals surface area contributed by atoms with Gasteiger partial charge in [-0.2, -0.15) is 0 Å². The second kappa shape index (κ2) is 7.39. The number of pyridine rings is 1. The minimum absolute atomic E-state index is 0.00171. The van der Waals surface area contributed by atoms with Crippen molar-refractivity contribution in [2.24, 2.45) is 13.0 Å². The lowest BCUT2D eigenvalue weighted by atomic mass is 9.95. The lowest BCUT2D eigenvalue weighted by Gasteiger charge is -2.35. The first kappa shape index (κ1) is 17.5. The maximum Gasteiger partial charge on any atom is 0.273 e. The Hall–Kier alpha value is -2.89. The number of benzene rings is 1. The van der Waals surface area contributed by atoms with Crippen molar-refractivity contribution >= 4 is 22.5 Å².